The van der Waals surface area contributed by atoms with Crippen molar-refractivity contribution in [3.05, 3.63) is 23.2 Å². The zero-order valence-corrected chi connectivity index (χ0v) is 12.5. The first-order valence-corrected chi connectivity index (χ1v) is 6.64. The number of aryl methyl sites for hydroxylation is 1. The lowest BCUT2D eigenvalue weighted by Gasteiger charge is -2.21. The van der Waals surface area contributed by atoms with Gasteiger partial charge in [0.05, 0.1) is 19.8 Å². The highest BCUT2D eigenvalue weighted by Crippen LogP contribution is 2.16. The Morgan fingerprint density at radius 1 is 1.21 bits per heavy atom. The number of nitrogens with one attached hydrogen (secondary N) is 1. The molecule has 0 amide bonds. The van der Waals surface area contributed by atoms with Crippen LogP contribution in [0.4, 0.5) is 0 Å². The van der Waals surface area contributed by atoms with Gasteiger partial charge < -0.3 is 19.2 Å². The SMILES string of the molecule is CNCc1cc(CN(CCOC)CCOC)c(C)o1. The first-order valence-electron chi connectivity index (χ1n) is 6.64. The summed E-state index contributed by atoms with van der Waals surface area (Å²) in [6, 6.07) is 2.12. The van der Waals surface area contributed by atoms with Gasteiger partial charge in [-0.1, -0.05) is 0 Å². The molecule has 1 N–H and O–H groups in total. The average Bonchev–Trinajstić information content (AvgIpc) is 2.73. The van der Waals surface area contributed by atoms with Gasteiger partial charge in [0.2, 0.25) is 0 Å². The number of furan rings is 1. The maximum Gasteiger partial charge on any atom is 0.118 e. The third-order valence-corrected chi connectivity index (χ3v) is 3.04. The molecule has 0 spiro atoms. The molecule has 0 radical (unpaired) electrons. The number of ether oxygens (including phenoxy) is 2. The predicted molar refractivity (Wildman–Crippen MR) is 75.2 cm³/mol. The van der Waals surface area contributed by atoms with E-state index in [4.69, 9.17) is 13.9 Å². The van der Waals surface area contributed by atoms with Crippen LogP contribution in [0, 0.1) is 6.92 Å². The summed E-state index contributed by atoms with van der Waals surface area (Å²) in [4.78, 5) is 2.31. The highest BCUT2D eigenvalue weighted by atomic mass is 16.5. The van der Waals surface area contributed by atoms with E-state index < -0.39 is 0 Å². The first kappa shape index (κ1) is 16.2. The molecule has 5 nitrogen and oxygen atoms in total. The normalized spacial score (nSPS) is 11.4. The lowest BCUT2D eigenvalue weighted by atomic mass is 10.2. The van der Waals surface area contributed by atoms with Gasteiger partial charge in [-0.05, 0) is 20.0 Å². The van der Waals surface area contributed by atoms with Gasteiger partial charge in [0, 0.05) is 39.4 Å². The van der Waals surface area contributed by atoms with Gasteiger partial charge in [-0.3, -0.25) is 4.90 Å². The van der Waals surface area contributed by atoms with E-state index in [0.29, 0.717) is 0 Å². The molecular formula is C14H26N2O3. The van der Waals surface area contributed by atoms with Crippen LogP contribution in [0.25, 0.3) is 0 Å². The van der Waals surface area contributed by atoms with Crippen LogP contribution < -0.4 is 5.32 Å². The second-order valence-corrected chi connectivity index (χ2v) is 4.59. The monoisotopic (exact) mass is 270 g/mol. The van der Waals surface area contributed by atoms with Crippen molar-refractivity contribution in [3.63, 3.8) is 0 Å². The Bertz CT molecular complexity index is 344. The summed E-state index contributed by atoms with van der Waals surface area (Å²) in [6.45, 7) is 6.88. The largest absolute Gasteiger partial charge is 0.465 e. The summed E-state index contributed by atoms with van der Waals surface area (Å²) in [5.41, 5.74) is 1.23. The highest BCUT2D eigenvalue weighted by molar-refractivity contribution is 5.20. The number of nitrogens with zero attached hydrogens (tertiary/aromatic N) is 1. The quantitative estimate of drug-likeness (QED) is 0.696. The van der Waals surface area contributed by atoms with E-state index in [1.165, 1.54) is 5.56 Å². The fourth-order valence-corrected chi connectivity index (χ4v) is 1.96. The van der Waals surface area contributed by atoms with Gasteiger partial charge in [-0.2, -0.15) is 0 Å². The van der Waals surface area contributed by atoms with E-state index in [1.54, 1.807) is 14.2 Å². The molecule has 5 heteroatoms. The molecule has 0 saturated carbocycles. The smallest absolute Gasteiger partial charge is 0.118 e. The lowest BCUT2D eigenvalue weighted by Crippen LogP contribution is -2.30. The summed E-state index contributed by atoms with van der Waals surface area (Å²) in [7, 11) is 5.37. The van der Waals surface area contributed by atoms with Gasteiger partial charge in [-0.15, -0.1) is 0 Å². The van der Waals surface area contributed by atoms with Crippen LogP contribution in [0.2, 0.25) is 0 Å². The van der Waals surface area contributed by atoms with Crippen molar-refractivity contribution in [2.24, 2.45) is 0 Å². The molecule has 0 aliphatic heterocycles. The first-order chi connectivity index (χ1) is 9.21. The standard InChI is InChI=1S/C14H26N2O3/c1-12-13(9-14(19-12)10-15-2)11-16(5-7-17-3)6-8-18-4/h9,15H,5-8,10-11H2,1-4H3. The lowest BCUT2D eigenvalue weighted by molar-refractivity contribution is 0.110. The molecule has 110 valence electrons. The zero-order chi connectivity index (χ0) is 14.1. The minimum atomic E-state index is 0.726. The summed E-state index contributed by atoms with van der Waals surface area (Å²) in [5, 5.41) is 3.10. The van der Waals surface area contributed by atoms with Gasteiger partial charge in [0.1, 0.15) is 11.5 Å². The van der Waals surface area contributed by atoms with Crippen molar-refractivity contribution in [1.82, 2.24) is 10.2 Å². The molecule has 0 atom stereocenters. The third-order valence-electron chi connectivity index (χ3n) is 3.04. The molecular weight excluding hydrogens is 244 g/mol. The number of rotatable bonds is 10. The molecule has 0 aromatic carbocycles. The van der Waals surface area contributed by atoms with Crippen molar-refractivity contribution < 1.29 is 13.9 Å². The second-order valence-electron chi connectivity index (χ2n) is 4.59. The Kier molecular flexibility index (Phi) is 7.74. The van der Waals surface area contributed by atoms with E-state index in [0.717, 1.165) is 50.9 Å². The molecule has 0 fully saturated rings. The minimum Gasteiger partial charge on any atom is -0.465 e. The third kappa shape index (κ3) is 5.74. The van der Waals surface area contributed by atoms with Gasteiger partial charge in [0.25, 0.3) is 0 Å². The van der Waals surface area contributed by atoms with E-state index in [9.17, 15) is 0 Å². The van der Waals surface area contributed by atoms with Crippen molar-refractivity contribution in [2.45, 2.75) is 20.0 Å². The van der Waals surface area contributed by atoms with Crippen molar-refractivity contribution in [1.29, 1.82) is 0 Å². The Morgan fingerprint density at radius 2 is 1.84 bits per heavy atom. The molecule has 0 saturated heterocycles. The zero-order valence-electron chi connectivity index (χ0n) is 12.5. The van der Waals surface area contributed by atoms with Crippen LogP contribution in [0.15, 0.2) is 10.5 Å². The molecule has 1 aromatic rings. The second kappa shape index (κ2) is 9.09. The summed E-state index contributed by atoms with van der Waals surface area (Å²) in [5.74, 6) is 1.97. The van der Waals surface area contributed by atoms with E-state index in [2.05, 4.69) is 16.3 Å². The summed E-state index contributed by atoms with van der Waals surface area (Å²) < 4.78 is 16.0. The highest BCUT2D eigenvalue weighted by Gasteiger charge is 2.11. The van der Waals surface area contributed by atoms with Crippen LogP contribution in [0.3, 0.4) is 0 Å². The van der Waals surface area contributed by atoms with Gasteiger partial charge in [-0.25, -0.2) is 0 Å². The Balaban J connectivity index is 2.60. The topological polar surface area (TPSA) is 46.9 Å². The fourth-order valence-electron chi connectivity index (χ4n) is 1.96. The summed E-state index contributed by atoms with van der Waals surface area (Å²) in [6.07, 6.45) is 0. The molecule has 1 heterocycles. The molecule has 0 unspecified atom stereocenters. The molecule has 1 rings (SSSR count). The van der Waals surface area contributed by atoms with E-state index in [1.807, 2.05) is 14.0 Å². The van der Waals surface area contributed by atoms with Gasteiger partial charge >= 0.3 is 0 Å². The van der Waals surface area contributed by atoms with Crippen LogP contribution in [0.1, 0.15) is 17.1 Å². The fraction of sp³-hybridized carbons (Fsp3) is 0.714. The minimum absolute atomic E-state index is 0.726. The molecule has 1 aromatic heterocycles. The average molecular weight is 270 g/mol. The number of methoxy groups -OCH3 is 2. The number of hydrogen-bond donors (Lipinski definition) is 1. The molecule has 0 aliphatic rings. The molecule has 0 aliphatic carbocycles. The predicted octanol–water partition coefficient (Wildman–Crippen LogP) is 1.40. The molecule has 0 bridgehead atoms. The van der Waals surface area contributed by atoms with Crippen molar-refractivity contribution in [2.75, 3.05) is 47.6 Å². The Labute approximate surface area is 115 Å². The molecule has 19 heavy (non-hydrogen) atoms. The van der Waals surface area contributed by atoms with Crippen LogP contribution >= 0.6 is 0 Å². The Hall–Kier alpha value is -0.880. The Morgan fingerprint density at radius 3 is 2.37 bits per heavy atom. The van der Waals surface area contributed by atoms with Crippen LogP contribution in [-0.4, -0.2) is 52.5 Å². The maximum absolute atomic E-state index is 5.71. The van der Waals surface area contributed by atoms with Crippen molar-refractivity contribution >= 4 is 0 Å². The number of hydrogen-bond acceptors (Lipinski definition) is 5. The van der Waals surface area contributed by atoms with E-state index >= 15 is 0 Å². The summed E-state index contributed by atoms with van der Waals surface area (Å²) >= 11 is 0. The van der Waals surface area contributed by atoms with E-state index in [-0.39, 0.29) is 0 Å². The van der Waals surface area contributed by atoms with Crippen molar-refractivity contribution in [3.8, 4) is 0 Å². The maximum atomic E-state index is 5.71. The van der Waals surface area contributed by atoms with Crippen LogP contribution in [0.5, 0.6) is 0 Å². The van der Waals surface area contributed by atoms with Gasteiger partial charge in [0.15, 0.2) is 0 Å². The van der Waals surface area contributed by atoms with Crippen LogP contribution in [-0.2, 0) is 22.6 Å².